The summed E-state index contributed by atoms with van der Waals surface area (Å²) in [5, 5.41) is -0.0602. The predicted molar refractivity (Wildman–Crippen MR) is 44.0 cm³/mol. The molecule has 1 aromatic rings. The molecule has 2 N–H and O–H groups in total. The van der Waals surface area contributed by atoms with Crippen LogP contribution in [0.3, 0.4) is 0 Å². The van der Waals surface area contributed by atoms with Crippen LogP contribution in [-0.2, 0) is 0 Å². The van der Waals surface area contributed by atoms with Crippen molar-refractivity contribution >= 4 is 35.4 Å². The van der Waals surface area contributed by atoms with Crippen molar-refractivity contribution in [1.29, 1.82) is 0 Å². The quantitative estimate of drug-likeness (QED) is 0.542. The third-order valence-corrected chi connectivity index (χ3v) is 1.56. The number of hydrogen-bond acceptors (Lipinski definition) is 4. The Bertz CT molecular complexity index is 284. The molecule has 1 heterocycles. The molecule has 0 aromatic carbocycles. The molecule has 4 nitrogen and oxygen atoms in total. The van der Waals surface area contributed by atoms with Crippen LogP contribution in [0.25, 0.3) is 0 Å². The third kappa shape index (κ3) is 1.58. The molecular weight excluding hydrogens is 189 g/mol. The van der Waals surface area contributed by atoms with Gasteiger partial charge in [-0.1, -0.05) is 23.2 Å². The van der Waals surface area contributed by atoms with E-state index in [4.69, 9.17) is 28.9 Å². The van der Waals surface area contributed by atoms with E-state index in [2.05, 4.69) is 9.97 Å². The number of nitrogens with two attached hydrogens (primary N) is 1. The van der Waals surface area contributed by atoms with Gasteiger partial charge in [0.15, 0.2) is 6.29 Å². The summed E-state index contributed by atoms with van der Waals surface area (Å²) in [5.74, 6) is -0.0504. The zero-order valence-electron chi connectivity index (χ0n) is 5.21. The van der Waals surface area contributed by atoms with Crippen LogP contribution in [-0.4, -0.2) is 16.3 Å². The van der Waals surface area contributed by atoms with Crippen molar-refractivity contribution in [2.45, 2.75) is 0 Å². The Balaban J connectivity index is 0.00000121. The average Bonchev–Trinajstić information content (AvgIpc) is 1.85. The smallest absolute Gasteiger partial charge is 0.222 e. The number of nitrogens with zero attached hydrogens (tertiary/aromatic N) is 2. The van der Waals surface area contributed by atoms with E-state index in [1.54, 1.807) is 0 Å². The first-order chi connectivity index (χ1) is 5.15. The monoisotopic (exact) mass is 193 g/mol. The highest BCUT2D eigenvalue weighted by molar-refractivity contribution is 6.37. The van der Waals surface area contributed by atoms with Crippen molar-refractivity contribution in [2.75, 3.05) is 5.73 Å². The Hall–Kier alpha value is -0.870. The number of halogens is 2. The van der Waals surface area contributed by atoms with Crippen molar-refractivity contribution in [3.8, 4) is 0 Å². The number of aromatic nitrogens is 2. The van der Waals surface area contributed by atoms with Crippen molar-refractivity contribution in [1.82, 2.24) is 9.97 Å². The SMILES string of the molecule is Nc1nc(Cl)c(C=O)c(Cl)n1.[HH]. The maximum Gasteiger partial charge on any atom is 0.222 e. The largest absolute Gasteiger partial charge is 0.368 e. The van der Waals surface area contributed by atoms with Gasteiger partial charge in [0.2, 0.25) is 5.95 Å². The Morgan fingerprint density at radius 1 is 1.36 bits per heavy atom. The molecule has 0 radical (unpaired) electrons. The molecule has 6 heteroatoms. The third-order valence-electron chi connectivity index (χ3n) is 0.988. The van der Waals surface area contributed by atoms with E-state index in [-0.39, 0.29) is 23.2 Å². The Kier molecular flexibility index (Phi) is 2.26. The van der Waals surface area contributed by atoms with E-state index in [0.29, 0.717) is 6.29 Å². The molecular formula is C5H5Cl2N3O. The summed E-state index contributed by atoms with van der Waals surface area (Å²) in [6.07, 6.45) is 0.476. The summed E-state index contributed by atoms with van der Waals surface area (Å²) in [6, 6.07) is 0. The molecule has 0 amide bonds. The lowest BCUT2D eigenvalue weighted by Gasteiger charge is -1.97. The lowest BCUT2D eigenvalue weighted by Crippen LogP contribution is -1.99. The summed E-state index contributed by atoms with van der Waals surface area (Å²) in [6.45, 7) is 0. The fraction of sp³-hybridized carbons (Fsp3) is 0. The second-order valence-corrected chi connectivity index (χ2v) is 2.41. The molecule has 0 bridgehead atoms. The fourth-order valence-electron chi connectivity index (χ4n) is 0.529. The standard InChI is InChI=1S/C5H3Cl2N3O.H2/c6-3-2(1-11)4(7)10-5(8)9-3;/h1H,(H2,8,9,10);1H. The van der Waals surface area contributed by atoms with Crippen LogP contribution in [0.2, 0.25) is 10.3 Å². The molecule has 60 valence electrons. The number of carbonyl (C=O) groups excluding carboxylic acids is 1. The molecule has 11 heavy (non-hydrogen) atoms. The molecule has 0 aliphatic rings. The summed E-state index contributed by atoms with van der Waals surface area (Å²) in [7, 11) is 0. The summed E-state index contributed by atoms with van der Waals surface area (Å²) in [4.78, 5) is 17.3. The van der Waals surface area contributed by atoms with Gasteiger partial charge in [-0.2, -0.15) is 0 Å². The summed E-state index contributed by atoms with van der Waals surface area (Å²) < 4.78 is 0. The molecule has 0 aliphatic heterocycles. The van der Waals surface area contributed by atoms with Crippen LogP contribution in [0.4, 0.5) is 5.95 Å². The Labute approximate surface area is 73.8 Å². The van der Waals surface area contributed by atoms with E-state index < -0.39 is 0 Å². The highest BCUT2D eigenvalue weighted by Crippen LogP contribution is 2.19. The predicted octanol–water partition coefficient (Wildman–Crippen LogP) is 1.42. The van der Waals surface area contributed by atoms with E-state index in [1.165, 1.54) is 0 Å². The Morgan fingerprint density at radius 2 is 1.82 bits per heavy atom. The van der Waals surface area contributed by atoms with Crippen molar-refractivity contribution in [2.24, 2.45) is 0 Å². The van der Waals surface area contributed by atoms with Gasteiger partial charge in [0.25, 0.3) is 0 Å². The Morgan fingerprint density at radius 3 is 2.18 bits per heavy atom. The van der Waals surface area contributed by atoms with Gasteiger partial charge in [-0.15, -0.1) is 0 Å². The second-order valence-electron chi connectivity index (χ2n) is 1.69. The minimum Gasteiger partial charge on any atom is -0.368 e. The lowest BCUT2D eigenvalue weighted by molar-refractivity contribution is 0.112. The topological polar surface area (TPSA) is 68.9 Å². The minimum absolute atomic E-state index is 0. The van der Waals surface area contributed by atoms with Crippen LogP contribution in [0.15, 0.2) is 0 Å². The normalized spacial score (nSPS) is 9.64. The molecule has 0 saturated heterocycles. The zero-order valence-corrected chi connectivity index (χ0v) is 6.73. The summed E-state index contributed by atoms with van der Waals surface area (Å²) in [5.41, 5.74) is 5.23. The van der Waals surface area contributed by atoms with Crippen molar-refractivity contribution in [3.63, 3.8) is 0 Å². The molecule has 0 aliphatic carbocycles. The van der Waals surface area contributed by atoms with Crippen LogP contribution >= 0.6 is 23.2 Å². The fourth-order valence-corrected chi connectivity index (χ4v) is 1.02. The van der Waals surface area contributed by atoms with E-state index in [1.807, 2.05) is 0 Å². The maximum absolute atomic E-state index is 10.3. The van der Waals surface area contributed by atoms with Gasteiger partial charge in [-0.3, -0.25) is 4.79 Å². The van der Waals surface area contributed by atoms with Gasteiger partial charge in [-0.05, 0) is 0 Å². The summed E-state index contributed by atoms with van der Waals surface area (Å²) >= 11 is 11.0. The van der Waals surface area contributed by atoms with Gasteiger partial charge in [0, 0.05) is 1.43 Å². The molecule has 1 aromatic heterocycles. The molecule has 0 atom stereocenters. The second kappa shape index (κ2) is 3.02. The molecule has 1 rings (SSSR count). The van der Waals surface area contributed by atoms with Gasteiger partial charge < -0.3 is 5.73 Å². The molecule has 0 fully saturated rings. The minimum atomic E-state index is -0.0504. The van der Waals surface area contributed by atoms with E-state index >= 15 is 0 Å². The number of aldehydes is 1. The van der Waals surface area contributed by atoms with Crippen LogP contribution < -0.4 is 5.73 Å². The first-order valence-electron chi connectivity index (χ1n) is 2.59. The lowest BCUT2D eigenvalue weighted by atomic mass is 10.4. The van der Waals surface area contributed by atoms with Gasteiger partial charge in [-0.25, -0.2) is 9.97 Å². The van der Waals surface area contributed by atoms with Gasteiger partial charge >= 0.3 is 0 Å². The highest BCUT2D eigenvalue weighted by Gasteiger charge is 2.08. The van der Waals surface area contributed by atoms with Crippen LogP contribution in [0, 0.1) is 0 Å². The van der Waals surface area contributed by atoms with Crippen molar-refractivity contribution in [3.05, 3.63) is 15.9 Å². The first-order valence-corrected chi connectivity index (χ1v) is 3.34. The maximum atomic E-state index is 10.3. The van der Waals surface area contributed by atoms with Crippen LogP contribution in [0.5, 0.6) is 0 Å². The number of hydrogen-bond donors (Lipinski definition) is 1. The average molecular weight is 194 g/mol. The van der Waals surface area contributed by atoms with Crippen LogP contribution in [0.1, 0.15) is 11.8 Å². The van der Waals surface area contributed by atoms with Gasteiger partial charge in [0.1, 0.15) is 10.3 Å². The number of rotatable bonds is 1. The van der Waals surface area contributed by atoms with Crippen molar-refractivity contribution < 1.29 is 6.22 Å². The number of anilines is 1. The van der Waals surface area contributed by atoms with Gasteiger partial charge in [0.05, 0.1) is 5.56 Å². The first kappa shape index (κ1) is 8.23. The number of carbonyl (C=O) groups is 1. The van der Waals surface area contributed by atoms with E-state index in [0.717, 1.165) is 0 Å². The molecule has 0 saturated carbocycles. The van der Waals surface area contributed by atoms with E-state index in [9.17, 15) is 4.79 Å². The highest BCUT2D eigenvalue weighted by atomic mass is 35.5. The zero-order chi connectivity index (χ0) is 8.43. The molecule has 0 unspecified atom stereocenters. The number of nitrogen functional groups attached to an aromatic ring is 1. The molecule has 0 spiro atoms.